The maximum atomic E-state index is 10.2. The van der Waals surface area contributed by atoms with Crippen molar-refractivity contribution >= 4 is 6.21 Å². The average Bonchev–Trinajstić information content (AvgIpc) is 3.12. The van der Waals surface area contributed by atoms with Crippen LogP contribution >= 0.6 is 0 Å². The van der Waals surface area contributed by atoms with Crippen molar-refractivity contribution in [2.24, 2.45) is 4.99 Å². The lowest BCUT2D eigenvalue weighted by molar-refractivity contribution is -0.970. The third kappa shape index (κ3) is 9.69. The standard InChI is InChI=1S/C25H49N2O/c1-4-6-7-8-9-10-11-12-13-14-15-16-17-18-19-20-21-25-26-22-23-27(25,5-2)24(3)28/h20-22,24-25,28H,4-19,23H2,1-3H3/q+1/b21-20+. The molecule has 0 saturated heterocycles. The number of aliphatic hydroxyl groups is 1. The summed E-state index contributed by atoms with van der Waals surface area (Å²) in [6.45, 7) is 8.10. The molecule has 3 unspecified atom stereocenters. The van der Waals surface area contributed by atoms with Gasteiger partial charge >= 0.3 is 0 Å². The highest BCUT2D eigenvalue weighted by atomic mass is 16.3. The summed E-state index contributed by atoms with van der Waals surface area (Å²) in [7, 11) is 0. The number of rotatable bonds is 18. The van der Waals surface area contributed by atoms with Crippen LogP contribution in [0.4, 0.5) is 0 Å². The highest BCUT2D eigenvalue weighted by molar-refractivity contribution is 5.60. The van der Waals surface area contributed by atoms with E-state index in [-0.39, 0.29) is 12.4 Å². The van der Waals surface area contributed by atoms with Crippen LogP contribution in [0.25, 0.3) is 0 Å². The highest BCUT2D eigenvalue weighted by Gasteiger charge is 2.40. The Morgan fingerprint density at radius 3 is 1.86 bits per heavy atom. The second-order valence-corrected chi connectivity index (χ2v) is 8.79. The number of allylic oxidation sites excluding steroid dienone is 1. The first-order chi connectivity index (χ1) is 13.7. The number of hydrogen-bond donors (Lipinski definition) is 1. The molecule has 1 N–H and O–H groups in total. The van der Waals surface area contributed by atoms with Gasteiger partial charge in [0.25, 0.3) is 0 Å². The topological polar surface area (TPSA) is 32.6 Å². The van der Waals surface area contributed by atoms with E-state index in [4.69, 9.17) is 0 Å². The number of likely N-dealkylation sites (N-methyl/N-ethyl adjacent to an activating group) is 1. The van der Waals surface area contributed by atoms with E-state index in [0.717, 1.165) is 19.5 Å². The molecule has 0 aromatic heterocycles. The van der Waals surface area contributed by atoms with Crippen molar-refractivity contribution in [2.45, 2.75) is 129 Å². The fourth-order valence-corrected chi connectivity index (χ4v) is 4.40. The molecule has 1 aliphatic rings. The van der Waals surface area contributed by atoms with E-state index in [0.29, 0.717) is 4.48 Å². The first kappa shape index (κ1) is 25.4. The maximum absolute atomic E-state index is 10.2. The SMILES string of the molecule is CCCCCCCCCCCCCCCC/C=C/C1N=CC[N+]1(CC)C(C)O. The van der Waals surface area contributed by atoms with Crippen LogP contribution in [0, 0.1) is 0 Å². The number of aliphatic hydroxyl groups excluding tert-OH is 1. The zero-order chi connectivity index (χ0) is 20.5. The van der Waals surface area contributed by atoms with Crippen LogP contribution in [0.3, 0.4) is 0 Å². The van der Waals surface area contributed by atoms with Gasteiger partial charge in [0.15, 0.2) is 6.23 Å². The number of aliphatic imine (C=N–C) groups is 1. The molecule has 1 aliphatic heterocycles. The molecule has 1 rings (SSSR count). The molecule has 28 heavy (non-hydrogen) atoms. The summed E-state index contributed by atoms with van der Waals surface area (Å²) in [6, 6.07) is 0. The minimum absolute atomic E-state index is 0.108. The van der Waals surface area contributed by atoms with E-state index >= 15 is 0 Å². The monoisotopic (exact) mass is 393 g/mol. The molecule has 0 amide bonds. The van der Waals surface area contributed by atoms with E-state index in [1.165, 1.54) is 89.9 Å². The van der Waals surface area contributed by atoms with Crippen molar-refractivity contribution in [2.75, 3.05) is 13.1 Å². The van der Waals surface area contributed by atoms with Crippen molar-refractivity contribution in [1.82, 2.24) is 0 Å². The van der Waals surface area contributed by atoms with E-state index in [9.17, 15) is 5.11 Å². The Kier molecular flexibility index (Phi) is 14.6. The molecular weight excluding hydrogens is 344 g/mol. The van der Waals surface area contributed by atoms with E-state index in [1.807, 2.05) is 13.1 Å². The van der Waals surface area contributed by atoms with Gasteiger partial charge in [-0.1, -0.05) is 96.5 Å². The lowest BCUT2D eigenvalue weighted by atomic mass is 10.0. The van der Waals surface area contributed by atoms with Crippen LogP contribution < -0.4 is 0 Å². The maximum Gasteiger partial charge on any atom is 0.204 e. The Labute approximate surface area is 175 Å². The van der Waals surface area contributed by atoms with Crippen molar-refractivity contribution in [3.8, 4) is 0 Å². The molecular formula is C25H49N2O+. The van der Waals surface area contributed by atoms with Crippen molar-refractivity contribution in [1.29, 1.82) is 0 Å². The first-order valence-electron chi connectivity index (χ1n) is 12.4. The molecule has 164 valence electrons. The minimum Gasteiger partial charge on any atom is -0.345 e. The average molecular weight is 394 g/mol. The third-order valence-electron chi connectivity index (χ3n) is 6.57. The van der Waals surface area contributed by atoms with Crippen molar-refractivity contribution < 1.29 is 9.59 Å². The van der Waals surface area contributed by atoms with Gasteiger partial charge in [0.05, 0.1) is 12.8 Å². The predicted molar refractivity (Wildman–Crippen MR) is 124 cm³/mol. The Hall–Kier alpha value is -0.670. The van der Waals surface area contributed by atoms with E-state index in [1.54, 1.807) is 0 Å². The number of nitrogens with zero attached hydrogens (tertiary/aromatic N) is 2. The smallest absolute Gasteiger partial charge is 0.204 e. The molecule has 0 spiro atoms. The number of quaternary nitrogens is 1. The molecule has 0 aliphatic carbocycles. The van der Waals surface area contributed by atoms with Crippen molar-refractivity contribution in [3.05, 3.63) is 12.2 Å². The summed E-state index contributed by atoms with van der Waals surface area (Å²) in [5.41, 5.74) is 0. The second-order valence-electron chi connectivity index (χ2n) is 8.79. The zero-order valence-corrected chi connectivity index (χ0v) is 19.2. The van der Waals surface area contributed by atoms with Crippen LogP contribution in [0.2, 0.25) is 0 Å². The Morgan fingerprint density at radius 2 is 1.39 bits per heavy atom. The lowest BCUT2D eigenvalue weighted by Crippen LogP contribution is -2.57. The van der Waals surface area contributed by atoms with Gasteiger partial charge in [-0.05, 0) is 25.8 Å². The summed E-state index contributed by atoms with van der Waals surface area (Å²) in [6.07, 6.45) is 27.1. The molecule has 3 heteroatoms. The summed E-state index contributed by atoms with van der Waals surface area (Å²) in [5.74, 6) is 0. The van der Waals surface area contributed by atoms with Gasteiger partial charge in [-0.3, -0.25) is 4.48 Å². The predicted octanol–water partition coefficient (Wildman–Crippen LogP) is 7.00. The second kappa shape index (κ2) is 16.2. The van der Waals surface area contributed by atoms with Crippen LogP contribution in [-0.4, -0.2) is 41.3 Å². The summed E-state index contributed by atoms with van der Waals surface area (Å²) >= 11 is 0. The fraction of sp³-hybridized carbons (Fsp3) is 0.880. The number of unbranched alkanes of at least 4 members (excludes halogenated alkanes) is 14. The quantitative estimate of drug-likeness (QED) is 0.152. The van der Waals surface area contributed by atoms with E-state index in [2.05, 4.69) is 31.0 Å². The summed E-state index contributed by atoms with van der Waals surface area (Å²) < 4.78 is 0.662. The van der Waals surface area contributed by atoms with Gasteiger partial charge in [0.1, 0.15) is 6.54 Å². The van der Waals surface area contributed by atoms with Crippen LogP contribution in [0.1, 0.15) is 117 Å². The van der Waals surface area contributed by atoms with Crippen LogP contribution in [-0.2, 0) is 0 Å². The molecule has 0 aromatic rings. The highest BCUT2D eigenvalue weighted by Crippen LogP contribution is 2.24. The van der Waals surface area contributed by atoms with Gasteiger partial charge in [-0.15, -0.1) is 0 Å². The van der Waals surface area contributed by atoms with Gasteiger partial charge in [0.2, 0.25) is 6.17 Å². The van der Waals surface area contributed by atoms with Crippen LogP contribution in [0.15, 0.2) is 17.1 Å². The molecule has 0 bridgehead atoms. The van der Waals surface area contributed by atoms with Gasteiger partial charge < -0.3 is 5.11 Å². The molecule has 0 aromatic carbocycles. The number of hydrogen-bond acceptors (Lipinski definition) is 2. The van der Waals surface area contributed by atoms with Gasteiger partial charge in [-0.25, -0.2) is 4.99 Å². The minimum atomic E-state index is -0.358. The fourth-order valence-electron chi connectivity index (χ4n) is 4.40. The largest absolute Gasteiger partial charge is 0.345 e. The Bertz CT molecular complexity index is 419. The molecule has 1 heterocycles. The summed E-state index contributed by atoms with van der Waals surface area (Å²) in [4.78, 5) is 4.59. The lowest BCUT2D eigenvalue weighted by Gasteiger charge is -2.39. The summed E-state index contributed by atoms with van der Waals surface area (Å²) in [5, 5.41) is 10.2. The third-order valence-corrected chi connectivity index (χ3v) is 6.57. The molecule has 3 nitrogen and oxygen atoms in total. The van der Waals surface area contributed by atoms with Crippen molar-refractivity contribution in [3.63, 3.8) is 0 Å². The molecule has 0 saturated carbocycles. The van der Waals surface area contributed by atoms with Gasteiger partial charge in [0, 0.05) is 6.92 Å². The first-order valence-corrected chi connectivity index (χ1v) is 12.4. The Balaban J connectivity index is 1.93. The molecule has 0 fully saturated rings. The normalized spacial score (nSPS) is 23.1. The van der Waals surface area contributed by atoms with Gasteiger partial charge in [-0.2, -0.15) is 0 Å². The van der Waals surface area contributed by atoms with Crippen LogP contribution in [0.5, 0.6) is 0 Å². The zero-order valence-electron chi connectivity index (χ0n) is 19.2. The molecule has 0 radical (unpaired) electrons. The Morgan fingerprint density at radius 1 is 0.893 bits per heavy atom. The molecule has 3 atom stereocenters. The van der Waals surface area contributed by atoms with E-state index < -0.39 is 0 Å².